The van der Waals surface area contributed by atoms with Gasteiger partial charge in [-0.1, -0.05) is 23.2 Å². The summed E-state index contributed by atoms with van der Waals surface area (Å²) >= 11 is 9.10. The van der Waals surface area contributed by atoms with E-state index >= 15 is 0 Å². The molecular formula is C14H9BrClFO. The smallest absolute Gasteiger partial charge is 0.196 e. The molecule has 0 radical (unpaired) electrons. The topological polar surface area (TPSA) is 17.1 Å². The Kier molecular flexibility index (Phi) is 3.83. The van der Waals surface area contributed by atoms with Crippen molar-refractivity contribution in [3.8, 4) is 0 Å². The first-order valence-electron chi connectivity index (χ1n) is 5.25. The number of carbonyl (C=O) groups excluding carboxylic acids is 1. The van der Waals surface area contributed by atoms with Crippen LogP contribution in [0.15, 0.2) is 40.9 Å². The van der Waals surface area contributed by atoms with E-state index in [4.69, 9.17) is 11.6 Å². The molecule has 0 aliphatic heterocycles. The Bertz CT molecular complexity index is 625. The van der Waals surface area contributed by atoms with E-state index in [1.165, 1.54) is 6.07 Å². The molecule has 0 amide bonds. The van der Waals surface area contributed by atoms with Gasteiger partial charge in [-0.25, -0.2) is 4.39 Å². The van der Waals surface area contributed by atoms with E-state index in [2.05, 4.69) is 15.9 Å². The second-order valence-corrected chi connectivity index (χ2v) is 5.20. The lowest BCUT2D eigenvalue weighted by atomic mass is 10.0. The fraction of sp³-hybridized carbons (Fsp3) is 0.0714. The molecule has 0 aromatic heterocycles. The zero-order valence-corrected chi connectivity index (χ0v) is 11.8. The van der Waals surface area contributed by atoms with E-state index in [9.17, 15) is 9.18 Å². The van der Waals surface area contributed by atoms with Crippen molar-refractivity contribution < 1.29 is 9.18 Å². The number of hydrogen-bond acceptors (Lipinski definition) is 1. The maximum Gasteiger partial charge on any atom is 0.196 e. The third kappa shape index (κ3) is 2.62. The molecule has 0 N–H and O–H groups in total. The van der Waals surface area contributed by atoms with Crippen LogP contribution in [0.25, 0.3) is 0 Å². The Balaban J connectivity index is 2.47. The molecule has 2 rings (SSSR count). The van der Waals surface area contributed by atoms with Gasteiger partial charge in [-0.2, -0.15) is 0 Å². The molecule has 92 valence electrons. The monoisotopic (exact) mass is 326 g/mol. The minimum Gasteiger partial charge on any atom is -0.288 e. The minimum absolute atomic E-state index is 0.0734. The molecule has 0 atom stereocenters. The fourth-order valence-corrected chi connectivity index (χ4v) is 2.10. The molecule has 0 heterocycles. The van der Waals surface area contributed by atoms with Crippen LogP contribution in [0, 0.1) is 12.7 Å². The zero-order valence-electron chi connectivity index (χ0n) is 9.51. The highest BCUT2D eigenvalue weighted by molar-refractivity contribution is 9.10. The second kappa shape index (κ2) is 5.21. The zero-order chi connectivity index (χ0) is 13.3. The molecular weight excluding hydrogens is 319 g/mol. The molecule has 2 aromatic rings. The molecule has 0 unspecified atom stereocenters. The van der Waals surface area contributed by atoms with E-state index in [0.717, 1.165) is 5.56 Å². The van der Waals surface area contributed by atoms with Gasteiger partial charge in [0.1, 0.15) is 5.82 Å². The number of rotatable bonds is 2. The quantitative estimate of drug-likeness (QED) is 0.725. The maximum absolute atomic E-state index is 13.6. The van der Waals surface area contributed by atoms with Crippen LogP contribution in [-0.2, 0) is 0 Å². The van der Waals surface area contributed by atoms with Gasteiger partial charge in [0, 0.05) is 10.0 Å². The highest BCUT2D eigenvalue weighted by Crippen LogP contribution is 2.25. The van der Waals surface area contributed by atoms with E-state index < -0.39 is 5.82 Å². The highest BCUT2D eigenvalue weighted by atomic mass is 79.9. The minimum atomic E-state index is -0.517. The first-order valence-corrected chi connectivity index (χ1v) is 6.42. The summed E-state index contributed by atoms with van der Waals surface area (Å²) in [6, 6.07) is 9.24. The number of benzene rings is 2. The number of carbonyl (C=O) groups is 1. The summed E-state index contributed by atoms with van der Waals surface area (Å²) < 4.78 is 14.2. The van der Waals surface area contributed by atoms with Crippen molar-refractivity contribution in [3.05, 3.63) is 68.4 Å². The molecule has 4 heteroatoms. The molecule has 0 fully saturated rings. The van der Waals surface area contributed by atoms with Crippen molar-refractivity contribution in [3.63, 3.8) is 0 Å². The summed E-state index contributed by atoms with van der Waals surface area (Å²) in [4.78, 5) is 12.2. The third-order valence-electron chi connectivity index (χ3n) is 2.55. The first-order chi connectivity index (χ1) is 8.49. The van der Waals surface area contributed by atoms with Gasteiger partial charge in [0.2, 0.25) is 0 Å². The van der Waals surface area contributed by atoms with E-state index in [-0.39, 0.29) is 11.3 Å². The third-order valence-corrected chi connectivity index (χ3v) is 3.76. The predicted octanol–water partition coefficient (Wildman–Crippen LogP) is 4.78. The molecule has 18 heavy (non-hydrogen) atoms. The van der Waals surface area contributed by atoms with Gasteiger partial charge in [0.15, 0.2) is 5.78 Å². The van der Waals surface area contributed by atoms with Crippen LogP contribution >= 0.6 is 27.5 Å². The Labute approximate surface area is 118 Å². The van der Waals surface area contributed by atoms with E-state index in [1.54, 1.807) is 30.3 Å². The van der Waals surface area contributed by atoms with Crippen LogP contribution in [0.1, 0.15) is 21.5 Å². The summed E-state index contributed by atoms with van der Waals surface area (Å²) in [7, 11) is 0. The Morgan fingerprint density at radius 2 is 1.94 bits per heavy atom. The van der Waals surface area contributed by atoms with Crippen LogP contribution < -0.4 is 0 Å². The molecule has 0 aliphatic rings. The summed E-state index contributed by atoms with van der Waals surface area (Å²) in [5.74, 6) is -0.870. The molecule has 0 saturated carbocycles. The largest absolute Gasteiger partial charge is 0.288 e. The fourth-order valence-electron chi connectivity index (χ4n) is 1.61. The molecule has 0 aliphatic carbocycles. The van der Waals surface area contributed by atoms with Crippen molar-refractivity contribution in [2.45, 2.75) is 6.92 Å². The average Bonchev–Trinajstić information content (AvgIpc) is 2.35. The lowest BCUT2D eigenvalue weighted by Crippen LogP contribution is -2.04. The Morgan fingerprint density at radius 1 is 1.22 bits per heavy atom. The summed E-state index contributed by atoms with van der Waals surface area (Å²) in [6.45, 7) is 1.81. The molecule has 2 aromatic carbocycles. The van der Waals surface area contributed by atoms with Gasteiger partial charge in [-0.15, -0.1) is 0 Å². The second-order valence-electron chi connectivity index (χ2n) is 3.94. The lowest BCUT2D eigenvalue weighted by Gasteiger charge is -2.05. The molecule has 1 nitrogen and oxygen atoms in total. The maximum atomic E-state index is 13.6. The van der Waals surface area contributed by atoms with Crippen LogP contribution in [-0.4, -0.2) is 5.78 Å². The van der Waals surface area contributed by atoms with Crippen molar-refractivity contribution in [1.29, 1.82) is 0 Å². The number of halogens is 3. The normalized spacial score (nSPS) is 10.4. The summed E-state index contributed by atoms with van der Waals surface area (Å²) in [6.07, 6.45) is 0. The van der Waals surface area contributed by atoms with Gasteiger partial charge < -0.3 is 0 Å². The predicted molar refractivity (Wildman–Crippen MR) is 73.7 cm³/mol. The average molecular weight is 328 g/mol. The Morgan fingerprint density at radius 3 is 2.61 bits per heavy atom. The van der Waals surface area contributed by atoms with Gasteiger partial charge in [-0.05, 0) is 53.2 Å². The van der Waals surface area contributed by atoms with Crippen molar-refractivity contribution in [2.24, 2.45) is 0 Å². The van der Waals surface area contributed by atoms with Gasteiger partial charge in [-0.3, -0.25) is 4.79 Å². The van der Waals surface area contributed by atoms with Crippen LogP contribution in [0.2, 0.25) is 5.02 Å². The van der Waals surface area contributed by atoms with Gasteiger partial charge in [0.25, 0.3) is 0 Å². The van der Waals surface area contributed by atoms with Gasteiger partial charge >= 0.3 is 0 Å². The SMILES string of the molecule is Cc1ccc(F)c(C(=O)c2ccc(Cl)c(Br)c2)c1. The van der Waals surface area contributed by atoms with Crippen molar-refractivity contribution in [2.75, 3.05) is 0 Å². The van der Waals surface area contributed by atoms with Gasteiger partial charge in [0.05, 0.1) is 10.6 Å². The van der Waals surface area contributed by atoms with Crippen molar-refractivity contribution in [1.82, 2.24) is 0 Å². The molecule has 0 saturated heterocycles. The molecule has 0 bridgehead atoms. The summed E-state index contributed by atoms with van der Waals surface area (Å²) in [5.41, 5.74) is 1.31. The van der Waals surface area contributed by atoms with Crippen molar-refractivity contribution >= 4 is 33.3 Å². The molecule has 0 spiro atoms. The van der Waals surface area contributed by atoms with E-state index in [1.807, 2.05) is 6.92 Å². The summed E-state index contributed by atoms with van der Waals surface area (Å²) in [5, 5.41) is 0.510. The standard InChI is InChI=1S/C14H9BrClFO/c1-8-2-5-13(17)10(6-8)14(18)9-3-4-12(16)11(15)7-9/h2-7H,1H3. The van der Waals surface area contributed by atoms with E-state index in [0.29, 0.717) is 15.1 Å². The number of hydrogen-bond donors (Lipinski definition) is 0. The Hall–Kier alpha value is -1.19. The first kappa shape index (κ1) is 13.2. The highest BCUT2D eigenvalue weighted by Gasteiger charge is 2.15. The number of ketones is 1. The van der Waals surface area contributed by atoms with Crippen LogP contribution in [0.5, 0.6) is 0 Å². The lowest BCUT2D eigenvalue weighted by molar-refractivity contribution is 0.103. The van der Waals surface area contributed by atoms with Crippen LogP contribution in [0.3, 0.4) is 0 Å². The van der Waals surface area contributed by atoms with Crippen LogP contribution in [0.4, 0.5) is 4.39 Å². The number of aryl methyl sites for hydroxylation is 1.